The first-order valence-corrected chi connectivity index (χ1v) is 11.5. The smallest absolute Gasteiger partial charge is 0.148 e. The first-order valence-electron chi connectivity index (χ1n) is 10.1. The van der Waals surface area contributed by atoms with Crippen LogP contribution in [0.5, 0.6) is 5.75 Å². The fraction of sp³-hybridized carbons (Fsp3) is 0.364. The molecular weight excluding hydrogens is 439 g/mol. The molecule has 3 aromatic rings. The summed E-state index contributed by atoms with van der Waals surface area (Å²) in [5, 5.41) is 4.14. The van der Waals surface area contributed by atoms with Crippen molar-refractivity contribution in [1.82, 2.24) is 14.9 Å². The third kappa shape index (κ3) is 5.57. The Labute approximate surface area is 190 Å². The molecule has 31 heavy (non-hydrogen) atoms. The third-order valence-corrected chi connectivity index (χ3v) is 6.44. The molecule has 1 aromatic heterocycles. The van der Waals surface area contributed by atoms with Gasteiger partial charge in [-0.3, -0.25) is 4.90 Å². The van der Waals surface area contributed by atoms with Gasteiger partial charge in [-0.1, -0.05) is 11.6 Å². The third-order valence-electron chi connectivity index (χ3n) is 5.08. The Morgan fingerprint density at radius 1 is 1.23 bits per heavy atom. The highest BCUT2D eigenvalue weighted by Crippen LogP contribution is 2.36. The van der Waals surface area contributed by atoms with Crippen molar-refractivity contribution in [3.63, 3.8) is 0 Å². The van der Waals surface area contributed by atoms with Crippen LogP contribution >= 0.6 is 23.4 Å². The first-order chi connectivity index (χ1) is 15.1. The topological polar surface area (TPSA) is 59.5 Å². The molecule has 1 saturated heterocycles. The Morgan fingerprint density at radius 2 is 2.06 bits per heavy atom. The van der Waals surface area contributed by atoms with Crippen molar-refractivity contribution in [2.24, 2.45) is 0 Å². The highest BCUT2D eigenvalue weighted by atomic mass is 35.5. The molecule has 1 N–H and O–H groups in total. The van der Waals surface area contributed by atoms with E-state index in [-0.39, 0.29) is 0 Å². The monoisotopic (exact) mass is 462 g/mol. The molecule has 0 atom stereocenters. The van der Waals surface area contributed by atoms with Crippen LogP contribution in [0.15, 0.2) is 41.6 Å². The molecule has 1 aliphatic rings. The van der Waals surface area contributed by atoms with Gasteiger partial charge in [0.2, 0.25) is 0 Å². The van der Waals surface area contributed by atoms with Gasteiger partial charge in [0.25, 0.3) is 0 Å². The zero-order valence-electron chi connectivity index (χ0n) is 17.2. The average Bonchev–Trinajstić information content (AvgIpc) is 2.79. The number of rotatable bonds is 8. The molecule has 0 saturated carbocycles. The van der Waals surface area contributed by atoms with Gasteiger partial charge in [0.1, 0.15) is 23.7 Å². The normalized spacial score (nSPS) is 14.7. The van der Waals surface area contributed by atoms with Gasteiger partial charge in [-0.2, -0.15) is 0 Å². The Kier molecular flexibility index (Phi) is 7.45. The van der Waals surface area contributed by atoms with E-state index in [2.05, 4.69) is 20.2 Å². The average molecular weight is 463 g/mol. The van der Waals surface area contributed by atoms with E-state index < -0.39 is 5.82 Å². The number of morpholine rings is 1. The minimum Gasteiger partial charge on any atom is -0.496 e. The molecule has 0 bridgehead atoms. The number of halogens is 2. The fourth-order valence-corrected chi connectivity index (χ4v) is 4.58. The SMILES string of the molecule is COc1cc2c(Nc3ccc(Cl)cc3F)ncnc2cc1SCCCN1CCOCC1. The fourth-order valence-electron chi connectivity index (χ4n) is 3.45. The van der Waals surface area contributed by atoms with Gasteiger partial charge in [0, 0.05) is 23.5 Å². The molecule has 0 amide bonds. The molecule has 6 nitrogen and oxygen atoms in total. The number of benzene rings is 2. The highest BCUT2D eigenvalue weighted by Gasteiger charge is 2.14. The molecule has 0 radical (unpaired) electrons. The Hall–Kier alpha value is -2.13. The van der Waals surface area contributed by atoms with Crippen LogP contribution in [0.4, 0.5) is 15.9 Å². The summed E-state index contributed by atoms with van der Waals surface area (Å²) in [6.45, 7) is 4.72. The zero-order valence-corrected chi connectivity index (χ0v) is 18.8. The molecule has 0 spiro atoms. The van der Waals surface area contributed by atoms with E-state index in [9.17, 15) is 4.39 Å². The summed E-state index contributed by atoms with van der Waals surface area (Å²) in [7, 11) is 1.65. The Morgan fingerprint density at radius 3 is 2.84 bits per heavy atom. The number of hydrogen-bond acceptors (Lipinski definition) is 7. The summed E-state index contributed by atoms with van der Waals surface area (Å²) in [6, 6.07) is 8.37. The maximum absolute atomic E-state index is 14.2. The van der Waals surface area contributed by atoms with Crippen LogP contribution in [0.2, 0.25) is 5.02 Å². The highest BCUT2D eigenvalue weighted by molar-refractivity contribution is 7.99. The maximum Gasteiger partial charge on any atom is 0.148 e. The quantitative estimate of drug-likeness (QED) is 0.374. The molecule has 1 fully saturated rings. The van der Waals surface area contributed by atoms with E-state index in [1.54, 1.807) is 31.0 Å². The number of ether oxygens (including phenoxy) is 2. The summed E-state index contributed by atoms with van der Waals surface area (Å²) < 4.78 is 25.2. The van der Waals surface area contributed by atoms with Gasteiger partial charge in [-0.25, -0.2) is 14.4 Å². The molecule has 0 aliphatic carbocycles. The summed E-state index contributed by atoms with van der Waals surface area (Å²) in [6.07, 6.45) is 2.55. The predicted molar refractivity (Wildman–Crippen MR) is 123 cm³/mol. The second kappa shape index (κ2) is 10.5. The number of methoxy groups -OCH3 is 1. The largest absolute Gasteiger partial charge is 0.496 e. The van der Waals surface area contributed by atoms with Crippen LogP contribution in [0.1, 0.15) is 6.42 Å². The standard InChI is InChI=1S/C22H24ClFN4O2S/c1-29-20-12-16-19(13-21(20)31-10-2-5-28-6-8-30-9-7-28)25-14-26-22(16)27-18-4-3-15(23)11-17(18)24/h3-4,11-14H,2,5-10H2,1H3,(H,25,26,27). The van der Waals surface area contributed by atoms with Crippen LogP contribution in [-0.2, 0) is 4.74 Å². The van der Waals surface area contributed by atoms with Gasteiger partial charge in [0.15, 0.2) is 0 Å². The van der Waals surface area contributed by atoms with Gasteiger partial charge >= 0.3 is 0 Å². The van der Waals surface area contributed by atoms with E-state index >= 15 is 0 Å². The van der Waals surface area contributed by atoms with Crippen molar-refractivity contribution in [3.05, 3.63) is 47.5 Å². The number of fused-ring (bicyclic) bond motifs is 1. The molecular formula is C22H24ClFN4O2S. The lowest BCUT2D eigenvalue weighted by atomic mass is 10.2. The lowest BCUT2D eigenvalue weighted by Gasteiger charge is -2.26. The summed E-state index contributed by atoms with van der Waals surface area (Å²) >= 11 is 7.60. The van der Waals surface area contributed by atoms with Crippen LogP contribution in [0.25, 0.3) is 10.9 Å². The zero-order chi connectivity index (χ0) is 21.6. The molecule has 2 aromatic carbocycles. The van der Waals surface area contributed by atoms with E-state index in [1.165, 1.54) is 12.4 Å². The number of nitrogens with one attached hydrogen (secondary N) is 1. The van der Waals surface area contributed by atoms with E-state index in [0.29, 0.717) is 16.5 Å². The number of aromatic nitrogens is 2. The van der Waals surface area contributed by atoms with Crippen molar-refractivity contribution in [2.75, 3.05) is 51.0 Å². The predicted octanol–water partition coefficient (Wildman–Crippen LogP) is 4.99. The van der Waals surface area contributed by atoms with Gasteiger partial charge in [0.05, 0.1) is 36.4 Å². The Bertz CT molecular complexity index is 1050. The molecule has 9 heteroatoms. The van der Waals surface area contributed by atoms with Crippen LogP contribution in [0.3, 0.4) is 0 Å². The Balaban J connectivity index is 1.49. The minimum absolute atomic E-state index is 0.296. The van der Waals surface area contributed by atoms with Gasteiger partial charge < -0.3 is 14.8 Å². The van der Waals surface area contributed by atoms with Crippen LogP contribution in [-0.4, -0.2) is 60.6 Å². The van der Waals surface area contributed by atoms with E-state index in [0.717, 1.165) is 66.6 Å². The lowest BCUT2D eigenvalue weighted by molar-refractivity contribution is 0.0381. The van der Waals surface area contributed by atoms with Crippen molar-refractivity contribution >= 4 is 45.8 Å². The van der Waals surface area contributed by atoms with E-state index in [4.69, 9.17) is 21.1 Å². The van der Waals surface area contributed by atoms with Crippen LogP contribution < -0.4 is 10.1 Å². The second-order valence-corrected chi connectivity index (χ2v) is 8.72. The maximum atomic E-state index is 14.2. The number of anilines is 2. The summed E-state index contributed by atoms with van der Waals surface area (Å²) in [5.74, 6) is 1.79. The van der Waals surface area contributed by atoms with E-state index in [1.807, 2.05) is 12.1 Å². The molecule has 164 valence electrons. The molecule has 0 unspecified atom stereocenters. The summed E-state index contributed by atoms with van der Waals surface area (Å²) in [5.41, 5.74) is 1.06. The molecule has 4 rings (SSSR count). The van der Waals surface area contributed by atoms with Crippen molar-refractivity contribution in [3.8, 4) is 5.75 Å². The molecule has 1 aliphatic heterocycles. The van der Waals surface area contributed by atoms with Crippen molar-refractivity contribution in [2.45, 2.75) is 11.3 Å². The molecule has 2 heterocycles. The van der Waals surface area contributed by atoms with Crippen molar-refractivity contribution < 1.29 is 13.9 Å². The first kappa shape index (κ1) is 22.1. The summed E-state index contributed by atoms with van der Waals surface area (Å²) in [4.78, 5) is 12.2. The van der Waals surface area contributed by atoms with Crippen LogP contribution in [0, 0.1) is 5.82 Å². The minimum atomic E-state index is -0.446. The lowest BCUT2D eigenvalue weighted by Crippen LogP contribution is -2.36. The number of thioether (sulfide) groups is 1. The second-order valence-electron chi connectivity index (χ2n) is 7.15. The number of hydrogen-bond donors (Lipinski definition) is 1. The van der Waals surface area contributed by atoms with Gasteiger partial charge in [-0.05, 0) is 49.1 Å². The number of nitrogens with zero attached hydrogens (tertiary/aromatic N) is 3. The van der Waals surface area contributed by atoms with Crippen molar-refractivity contribution in [1.29, 1.82) is 0 Å². The van der Waals surface area contributed by atoms with Gasteiger partial charge in [-0.15, -0.1) is 11.8 Å².